The summed E-state index contributed by atoms with van der Waals surface area (Å²) in [6.45, 7) is 0. The average Bonchev–Trinajstić information content (AvgIpc) is 2.10. The molecule has 1 N–H and O–H groups in total. The fourth-order valence-corrected chi connectivity index (χ4v) is 0.745. The zero-order valence-electron chi connectivity index (χ0n) is 6.04. The Morgan fingerprint density at radius 3 is 2.83 bits per heavy atom. The van der Waals surface area contributed by atoms with Gasteiger partial charge in [-0.05, 0) is 6.07 Å². The van der Waals surface area contributed by atoms with Gasteiger partial charge in [-0.15, -0.1) is 0 Å². The van der Waals surface area contributed by atoms with E-state index in [1.807, 2.05) is 0 Å². The highest BCUT2D eigenvalue weighted by molar-refractivity contribution is 6.27. The van der Waals surface area contributed by atoms with Crippen molar-refractivity contribution in [3.05, 3.63) is 34.7 Å². The van der Waals surface area contributed by atoms with E-state index in [1.165, 1.54) is 18.3 Å². The molecule has 0 aliphatic heterocycles. The van der Waals surface area contributed by atoms with Crippen LogP contribution in [0.3, 0.4) is 0 Å². The third kappa shape index (κ3) is 1.39. The summed E-state index contributed by atoms with van der Waals surface area (Å²) in [7, 11) is 0. The molecule has 1 heterocycles. The molecular formula is C7H6N2O3. The molecule has 0 aromatic carbocycles. The third-order valence-corrected chi connectivity index (χ3v) is 1.28. The van der Waals surface area contributed by atoms with Gasteiger partial charge < -0.3 is 5.21 Å². The van der Waals surface area contributed by atoms with Crippen LogP contribution in [-0.4, -0.2) is 21.9 Å². The van der Waals surface area contributed by atoms with Crippen molar-refractivity contribution in [3.8, 4) is 0 Å². The number of hydrogen-bond donors (Lipinski definition) is 1. The second kappa shape index (κ2) is 3.47. The zero-order valence-corrected chi connectivity index (χ0v) is 6.04. The standard InChI is InChI=1S/C7H6N2O3/c10-5-6(8-12)9-4-2-1-3-7(9)11/h1-5,12H/b8-6-. The van der Waals surface area contributed by atoms with Gasteiger partial charge in [0.05, 0.1) is 0 Å². The Labute approximate surface area is 67.6 Å². The number of carbonyl (C=O) groups excluding carboxylic acids is 1. The molecule has 1 rings (SSSR count). The predicted octanol–water partition coefficient (Wildman–Crippen LogP) is -0.317. The molecule has 12 heavy (non-hydrogen) atoms. The first-order valence-corrected chi connectivity index (χ1v) is 3.15. The van der Waals surface area contributed by atoms with Gasteiger partial charge in [0.15, 0.2) is 6.29 Å². The van der Waals surface area contributed by atoms with E-state index in [9.17, 15) is 9.59 Å². The van der Waals surface area contributed by atoms with Crippen molar-refractivity contribution in [1.29, 1.82) is 0 Å². The Kier molecular flexibility index (Phi) is 2.37. The summed E-state index contributed by atoms with van der Waals surface area (Å²) in [6, 6.07) is 4.34. The molecule has 0 aliphatic carbocycles. The van der Waals surface area contributed by atoms with Crippen molar-refractivity contribution < 1.29 is 10.0 Å². The summed E-state index contributed by atoms with van der Waals surface area (Å²) in [6.07, 6.45) is 1.63. The Morgan fingerprint density at radius 1 is 1.58 bits per heavy atom. The van der Waals surface area contributed by atoms with E-state index < -0.39 is 5.56 Å². The van der Waals surface area contributed by atoms with E-state index in [1.54, 1.807) is 6.07 Å². The SMILES string of the molecule is O=C/C(=N/O)n1ccccc1=O. The normalized spacial score (nSPS) is 11.2. The van der Waals surface area contributed by atoms with E-state index in [-0.39, 0.29) is 5.84 Å². The van der Waals surface area contributed by atoms with Crippen LogP contribution in [-0.2, 0) is 4.79 Å². The molecule has 0 fully saturated rings. The topological polar surface area (TPSA) is 71.7 Å². The number of rotatable bonds is 1. The summed E-state index contributed by atoms with van der Waals surface area (Å²) in [4.78, 5) is 21.2. The molecule has 5 heteroatoms. The van der Waals surface area contributed by atoms with Crippen LogP contribution in [0, 0.1) is 0 Å². The molecule has 62 valence electrons. The fraction of sp³-hybridized carbons (Fsp3) is 0. The van der Waals surface area contributed by atoms with Gasteiger partial charge >= 0.3 is 0 Å². The molecule has 0 unspecified atom stereocenters. The molecule has 0 saturated heterocycles. The molecule has 0 radical (unpaired) electrons. The van der Waals surface area contributed by atoms with Gasteiger partial charge in [0.1, 0.15) is 0 Å². The van der Waals surface area contributed by atoms with Gasteiger partial charge in [-0.1, -0.05) is 11.2 Å². The number of pyridine rings is 1. The fourth-order valence-electron chi connectivity index (χ4n) is 0.745. The maximum Gasteiger partial charge on any atom is 0.256 e. The van der Waals surface area contributed by atoms with Gasteiger partial charge in [0.2, 0.25) is 5.84 Å². The van der Waals surface area contributed by atoms with E-state index in [0.717, 1.165) is 4.57 Å². The van der Waals surface area contributed by atoms with Crippen LogP contribution in [0.1, 0.15) is 0 Å². The molecule has 0 saturated carbocycles. The minimum atomic E-state index is -0.419. The van der Waals surface area contributed by atoms with Crippen molar-refractivity contribution in [2.75, 3.05) is 0 Å². The van der Waals surface area contributed by atoms with Crippen LogP contribution in [0.2, 0.25) is 0 Å². The van der Waals surface area contributed by atoms with Crippen molar-refractivity contribution in [3.63, 3.8) is 0 Å². The van der Waals surface area contributed by atoms with Crippen LogP contribution in [0.4, 0.5) is 0 Å². The Bertz CT molecular complexity index is 367. The van der Waals surface area contributed by atoms with Gasteiger partial charge in [-0.2, -0.15) is 0 Å². The van der Waals surface area contributed by atoms with E-state index >= 15 is 0 Å². The van der Waals surface area contributed by atoms with Crippen LogP contribution in [0.25, 0.3) is 0 Å². The van der Waals surface area contributed by atoms with Crippen LogP contribution in [0.15, 0.2) is 34.3 Å². The Balaban J connectivity index is 3.28. The molecule has 1 aromatic rings. The summed E-state index contributed by atoms with van der Waals surface area (Å²) >= 11 is 0. The highest BCUT2D eigenvalue weighted by Crippen LogP contribution is 1.81. The molecule has 5 nitrogen and oxygen atoms in total. The first-order chi connectivity index (χ1) is 5.79. The van der Waals surface area contributed by atoms with Gasteiger partial charge in [0.25, 0.3) is 5.56 Å². The summed E-state index contributed by atoms with van der Waals surface area (Å²) in [5, 5.41) is 11.0. The van der Waals surface area contributed by atoms with Gasteiger partial charge in [0, 0.05) is 12.3 Å². The van der Waals surface area contributed by atoms with Crippen molar-refractivity contribution in [1.82, 2.24) is 4.57 Å². The molecular weight excluding hydrogens is 160 g/mol. The minimum absolute atomic E-state index is 0.293. The maximum atomic E-state index is 11.0. The lowest BCUT2D eigenvalue weighted by Crippen LogP contribution is -2.26. The molecule has 0 amide bonds. The van der Waals surface area contributed by atoms with Crippen LogP contribution in [0.5, 0.6) is 0 Å². The number of aldehydes is 1. The monoisotopic (exact) mass is 166 g/mol. The first kappa shape index (κ1) is 8.19. The summed E-state index contributed by atoms with van der Waals surface area (Å²) in [5.74, 6) is -0.333. The number of aromatic nitrogens is 1. The second-order valence-electron chi connectivity index (χ2n) is 1.98. The minimum Gasteiger partial charge on any atom is -0.409 e. The highest BCUT2D eigenvalue weighted by atomic mass is 16.4. The molecule has 0 spiro atoms. The number of hydrogen-bond acceptors (Lipinski definition) is 4. The number of oxime groups is 1. The van der Waals surface area contributed by atoms with E-state index in [4.69, 9.17) is 5.21 Å². The lowest BCUT2D eigenvalue weighted by molar-refractivity contribution is -0.103. The second-order valence-corrected chi connectivity index (χ2v) is 1.98. The highest BCUT2D eigenvalue weighted by Gasteiger charge is 2.01. The quantitative estimate of drug-likeness (QED) is 0.204. The lowest BCUT2D eigenvalue weighted by atomic mass is 10.4. The molecule has 0 bridgehead atoms. The van der Waals surface area contributed by atoms with Crippen molar-refractivity contribution in [2.45, 2.75) is 0 Å². The van der Waals surface area contributed by atoms with Gasteiger partial charge in [-0.3, -0.25) is 14.2 Å². The predicted molar refractivity (Wildman–Crippen MR) is 41.4 cm³/mol. The Hall–Kier alpha value is -1.91. The first-order valence-electron chi connectivity index (χ1n) is 3.15. The van der Waals surface area contributed by atoms with E-state index in [0.29, 0.717) is 6.29 Å². The van der Waals surface area contributed by atoms with E-state index in [2.05, 4.69) is 5.16 Å². The van der Waals surface area contributed by atoms with Crippen LogP contribution < -0.4 is 5.56 Å². The Morgan fingerprint density at radius 2 is 2.33 bits per heavy atom. The zero-order chi connectivity index (χ0) is 8.97. The lowest BCUT2D eigenvalue weighted by Gasteiger charge is -1.98. The summed E-state index contributed by atoms with van der Waals surface area (Å²) < 4.78 is 0.938. The largest absolute Gasteiger partial charge is 0.409 e. The smallest absolute Gasteiger partial charge is 0.256 e. The number of nitrogens with zero attached hydrogens (tertiary/aromatic N) is 2. The molecule has 0 atom stereocenters. The molecule has 1 aromatic heterocycles. The third-order valence-electron chi connectivity index (χ3n) is 1.28. The van der Waals surface area contributed by atoms with Crippen molar-refractivity contribution in [2.24, 2.45) is 5.16 Å². The molecule has 0 aliphatic rings. The average molecular weight is 166 g/mol. The van der Waals surface area contributed by atoms with Gasteiger partial charge in [-0.25, -0.2) is 0 Å². The maximum absolute atomic E-state index is 11.0. The van der Waals surface area contributed by atoms with Crippen molar-refractivity contribution >= 4 is 12.1 Å². The number of carbonyl (C=O) groups is 1. The van der Waals surface area contributed by atoms with Crippen LogP contribution >= 0.6 is 0 Å². The summed E-state index contributed by atoms with van der Waals surface area (Å²) in [5.41, 5.74) is -0.419.